The molecule has 0 saturated heterocycles. The Labute approximate surface area is 172 Å². The number of fused-ring (bicyclic) bond motifs is 1. The van der Waals surface area contributed by atoms with Gasteiger partial charge in [-0.1, -0.05) is 41.9 Å². The summed E-state index contributed by atoms with van der Waals surface area (Å²) in [5, 5.41) is 10.8. The highest BCUT2D eigenvalue weighted by Crippen LogP contribution is 2.35. The van der Waals surface area contributed by atoms with E-state index in [1.807, 2.05) is 55.6 Å². The maximum Gasteiger partial charge on any atom is 0.323 e. The Morgan fingerprint density at radius 1 is 1.07 bits per heavy atom. The summed E-state index contributed by atoms with van der Waals surface area (Å²) in [5.74, 6) is -0.916. The van der Waals surface area contributed by atoms with Gasteiger partial charge >= 0.3 is 5.97 Å². The van der Waals surface area contributed by atoms with Gasteiger partial charge in [-0.05, 0) is 36.8 Å². The summed E-state index contributed by atoms with van der Waals surface area (Å²) in [7, 11) is 0. The van der Waals surface area contributed by atoms with Crippen molar-refractivity contribution in [1.82, 2.24) is 9.13 Å². The smallest absolute Gasteiger partial charge is 0.323 e. The molecule has 2 heterocycles. The van der Waals surface area contributed by atoms with Crippen molar-refractivity contribution in [1.29, 1.82) is 0 Å². The number of pyridine rings is 1. The van der Waals surface area contributed by atoms with Crippen molar-refractivity contribution in [3.63, 3.8) is 0 Å². The van der Waals surface area contributed by atoms with Gasteiger partial charge in [0.05, 0.1) is 6.54 Å². The summed E-state index contributed by atoms with van der Waals surface area (Å²) in [6.07, 6.45) is 1.82. The molecule has 2 aromatic heterocycles. The molecule has 0 aliphatic rings. The number of aliphatic carboxylic acids is 1. The highest BCUT2D eigenvalue weighted by Gasteiger charge is 2.18. The molecule has 1 N–H and O–H groups in total. The minimum Gasteiger partial charge on any atom is -0.480 e. The van der Waals surface area contributed by atoms with Gasteiger partial charge in [0, 0.05) is 45.0 Å². The predicted octanol–water partition coefficient (Wildman–Crippen LogP) is 4.56. The summed E-state index contributed by atoms with van der Waals surface area (Å²) in [6.45, 7) is 2.20. The second-order valence-electron chi connectivity index (χ2n) is 6.97. The first-order chi connectivity index (χ1) is 13.9. The third kappa shape index (κ3) is 3.69. The number of hydrogen-bond acceptors (Lipinski definition) is 2. The summed E-state index contributed by atoms with van der Waals surface area (Å²) in [5.41, 5.74) is 4.27. The van der Waals surface area contributed by atoms with Gasteiger partial charge in [-0.3, -0.25) is 9.59 Å². The van der Waals surface area contributed by atoms with Gasteiger partial charge in [0.2, 0.25) is 0 Å². The maximum absolute atomic E-state index is 12.4. The first-order valence-electron chi connectivity index (χ1n) is 9.19. The number of halogens is 1. The van der Waals surface area contributed by atoms with E-state index in [1.54, 1.807) is 27.3 Å². The highest BCUT2D eigenvalue weighted by molar-refractivity contribution is 6.31. The van der Waals surface area contributed by atoms with E-state index in [1.165, 1.54) is 0 Å². The number of carbonyl (C=O) groups is 1. The van der Waals surface area contributed by atoms with Crippen molar-refractivity contribution in [2.75, 3.05) is 0 Å². The lowest BCUT2D eigenvalue weighted by Gasteiger charge is -2.10. The van der Waals surface area contributed by atoms with Gasteiger partial charge in [-0.2, -0.15) is 0 Å². The zero-order valence-electron chi connectivity index (χ0n) is 15.8. The van der Waals surface area contributed by atoms with Crippen molar-refractivity contribution in [2.24, 2.45) is 0 Å². The van der Waals surface area contributed by atoms with Crippen molar-refractivity contribution in [3.05, 3.63) is 93.5 Å². The van der Waals surface area contributed by atoms with Gasteiger partial charge in [0.1, 0.15) is 6.54 Å². The first kappa shape index (κ1) is 19.0. The highest BCUT2D eigenvalue weighted by atomic mass is 35.5. The monoisotopic (exact) mass is 406 g/mol. The lowest BCUT2D eigenvalue weighted by Crippen LogP contribution is -2.19. The van der Waals surface area contributed by atoms with Crippen molar-refractivity contribution in [2.45, 2.75) is 20.0 Å². The summed E-state index contributed by atoms with van der Waals surface area (Å²) in [6, 6.07) is 18.5. The first-order valence-corrected chi connectivity index (χ1v) is 9.57. The summed E-state index contributed by atoms with van der Waals surface area (Å²) >= 11 is 6.23. The van der Waals surface area contributed by atoms with E-state index in [0.29, 0.717) is 11.6 Å². The molecule has 0 amide bonds. The van der Waals surface area contributed by atoms with Gasteiger partial charge in [0.25, 0.3) is 5.56 Å². The zero-order chi connectivity index (χ0) is 20.5. The fourth-order valence-electron chi connectivity index (χ4n) is 3.74. The molecule has 5 nitrogen and oxygen atoms in total. The minimum atomic E-state index is -0.916. The van der Waals surface area contributed by atoms with E-state index >= 15 is 0 Å². The number of aromatic nitrogens is 2. The van der Waals surface area contributed by atoms with Crippen LogP contribution in [0.15, 0.2) is 71.7 Å². The molecule has 0 saturated carbocycles. The largest absolute Gasteiger partial charge is 0.480 e. The number of hydrogen-bond donors (Lipinski definition) is 1. The molecule has 6 heteroatoms. The van der Waals surface area contributed by atoms with Crippen LogP contribution in [0.1, 0.15) is 11.3 Å². The molecule has 0 radical (unpaired) electrons. The fourth-order valence-corrected chi connectivity index (χ4v) is 3.91. The van der Waals surface area contributed by atoms with Crippen LogP contribution in [-0.2, 0) is 17.9 Å². The Bertz CT molecular complexity index is 1270. The van der Waals surface area contributed by atoms with E-state index in [4.69, 9.17) is 11.6 Å². The standard InChI is InChI=1S/C23H19ClN2O3/c1-15-23(19-11-18(24)8-9-20(19)26(15)14-22(28)29)17-7-10-21(27)25(13-17)12-16-5-3-2-4-6-16/h2-11,13H,12,14H2,1H3,(H,28,29). The van der Waals surface area contributed by atoms with Gasteiger partial charge < -0.3 is 14.2 Å². The van der Waals surface area contributed by atoms with Crippen LogP contribution in [0.3, 0.4) is 0 Å². The van der Waals surface area contributed by atoms with Crippen molar-refractivity contribution in [3.8, 4) is 11.1 Å². The Hall–Kier alpha value is -3.31. The molecule has 4 aromatic rings. The Morgan fingerprint density at radius 3 is 2.55 bits per heavy atom. The number of benzene rings is 2. The van der Waals surface area contributed by atoms with Gasteiger partial charge in [-0.15, -0.1) is 0 Å². The van der Waals surface area contributed by atoms with E-state index in [-0.39, 0.29) is 12.1 Å². The molecule has 2 aromatic carbocycles. The zero-order valence-corrected chi connectivity index (χ0v) is 16.6. The average molecular weight is 407 g/mol. The Kier molecular flexibility index (Phi) is 4.99. The Morgan fingerprint density at radius 2 is 1.83 bits per heavy atom. The molecule has 146 valence electrons. The molecule has 0 aliphatic carbocycles. The minimum absolute atomic E-state index is 0.0948. The van der Waals surface area contributed by atoms with Crippen LogP contribution in [0.4, 0.5) is 0 Å². The van der Waals surface area contributed by atoms with Crippen LogP contribution in [-0.4, -0.2) is 20.2 Å². The average Bonchev–Trinajstić information content (AvgIpc) is 2.95. The molecule has 0 unspecified atom stereocenters. The van der Waals surface area contributed by atoms with E-state index in [9.17, 15) is 14.7 Å². The molecule has 4 rings (SSSR count). The molecule has 29 heavy (non-hydrogen) atoms. The topological polar surface area (TPSA) is 64.2 Å². The number of carboxylic acid groups (broad SMARTS) is 1. The lowest BCUT2D eigenvalue weighted by molar-refractivity contribution is -0.137. The SMILES string of the molecule is Cc1c(-c2ccc(=O)n(Cc3ccccc3)c2)c2cc(Cl)ccc2n1CC(=O)O. The Balaban J connectivity index is 1.90. The molecular formula is C23H19ClN2O3. The molecule has 0 aliphatic heterocycles. The van der Waals surface area contributed by atoms with Gasteiger partial charge in [0.15, 0.2) is 0 Å². The number of carboxylic acids is 1. The van der Waals surface area contributed by atoms with Crippen LogP contribution < -0.4 is 5.56 Å². The second kappa shape index (κ2) is 7.60. The van der Waals surface area contributed by atoms with E-state index in [0.717, 1.165) is 33.3 Å². The van der Waals surface area contributed by atoms with Crippen LogP contribution in [0.5, 0.6) is 0 Å². The number of rotatable bonds is 5. The molecule has 0 fully saturated rings. The summed E-state index contributed by atoms with van der Waals surface area (Å²) in [4.78, 5) is 23.8. The number of nitrogens with zero attached hydrogens (tertiary/aromatic N) is 2. The van der Waals surface area contributed by atoms with Crippen LogP contribution >= 0.6 is 11.6 Å². The third-order valence-corrected chi connectivity index (χ3v) is 5.28. The van der Waals surface area contributed by atoms with Crippen molar-refractivity contribution < 1.29 is 9.90 Å². The van der Waals surface area contributed by atoms with Crippen LogP contribution in [0.25, 0.3) is 22.0 Å². The van der Waals surface area contributed by atoms with E-state index in [2.05, 4.69) is 0 Å². The molecule has 0 bridgehead atoms. The van der Waals surface area contributed by atoms with Crippen molar-refractivity contribution >= 4 is 28.5 Å². The third-order valence-electron chi connectivity index (χ3n) is 5.05. The van der Waals surface area contributed by atoms with Gasteiger partial charge in [-0.25, -0.2) is 0 Å². The quantitative estimate of drug-likeness (QED) is 0.528. The maximum atomic E-state index is 12.4. The van der Waals surface area contributed by atoms with E-state index < -0.39 is 5.97 Å². The van der Waals surface area contributed by atoms with Crippen LogP contribution in [0, 0.1) is 6.92 Å². The molecule has 0 atom stereocenters. The fraction of sp³-hybridized carbons (Fsp3) is 0.130. The predicted molar refractivity (Wildman–Crippen MR) is 115 cm³/mol. The normalized spacial score (nSPS) is 11.1. The molecule has 0 spiro atoms. The molecular weight excluding hydrogens is 388 g/mol. The van der Waals surface area contributed by atoms with Crippen LogP contribution in [0.2, 0.25) is 5.02 Å². The lowest BCUT2D eigenvalue weighted by atomic mass is 10.0. The summed E-state index contributed by atoms with van der Waals surface area (Å²) < 4.78 is 3.42. The second-order valence-corrected chi connectivity index (χ2v) is 7.41.